The molecule has 178 valence electrons. The third-order valence-electron chi connectivity index (χ3n) is 6.32. The number of amides is 1. The highest BCUT2D eigenvalue weighted by molar-refractivity contribution is 6.04. The second kappa shape index (κ2) is 8.81. The summed E-state index contributed by atoms with van der Waals surface area (Å²) < 4.78 is 12.6. The Labute approximate surface area is 194 Å². The van der Waals surface area contributed by atoms with Crippen LogP contribution in [0.1, 0.15) is 76.0 Å². The average Bonchev–Trinajstić information content (AvgIpc) is 3.57. The maximum Gasteiger partial charge on any atom is 0.341 e. The third kappa shape index (κ3) is 4.20. The van der Waals surface area contributed by atoms with Crippen molar-refractivity contribution in [2.45, 2.75) is 65.1 Å². The van der Waals surface area contributed by atoms with E-state index in [1.807, 2.05) is 18.0 Å². The first-order valence-corrected chi connectivity index (χ1v) is 11.4. The van der Waals surface area contributed by atoms with Crippen LogP contribution in [0.2, 0.25) is 0 Å². The van der Waals surface area contributed by atoms with E-state index in [2.05, 4.69) is 20.3 Å². The molecule has 1 aliphatic rings. The Kier molecular flexibility index (Phi) is 5.68. The van der Waals surface area contributed by atoms with Crippen LogP contribution < -0.4 is 0 Å². The standard InChI is InChI=1S/C23H26N6O5/c1-13-20(34-14(2)24-13)11-28-9-15(26-27-28)10-29(16-6-4-3-5-7-16)22(30)18-8-19-21(25-18)17(12-33-19)23(31)32/h8-9,12,16,25H,3-7,10-11H2,1-2H3,(H,31,32). The Bertz CT molecular complexity index is 1340. The van der Waals surface area contributed by atoms with Crippen molar-refractivity contribution in [3.05, 3.63) is 52.8 Å². The number of fused-ring (bicyclic) bond motifs is 1. The zero-order valence-electron chi connectivity index (χ0n) is 19.1. The Morgan fingerprint density at radius 3 is 2.76 bits per heavy atom. The van der Waals surface area contributed by atoms with Crippen molar-refractivity contribution in [2.75, 3.05) is 0 Å². The van der Waals surface area contributed by atoms with E-state index in [1.54, 1.807) is 17.7 Å². The monoisotopic (exact) mass is 466 g/mol. The number of nitrogens with zero attached hydrogens (tertiary/aromatic N) is 5. The molecule has 5 rings (SSSR count). The molecule has 4 heterocycles. The molecule has 0 aromatic carbocycles. The number of oxazole rings is 1. The van der Waals surface area contributed by atoms with Gasteiger partial charge in [-0.05, 0) is 19.8 Å². The van der Waals surface area contributed by atoms with Gasteiger partial charge in [0, 0.05) is 19.0 Å². The van der Waals surface area contributed by atoms with Crippen molar-refractivity contribution in [1.29, 1.82) is 0 Å². The number of aromatic nitrogens is 5. The topological polar surface area (TPSA) is 143 Å². The predicted octanol–water partition coefficient (Wildman–Crippen LogP) is 3.68. The fourth-order valence-corrected chi connectivity index (χ4v) is 4.63. The van der Waals surface area contributed by atoms with Gasteiger partial charge in [0.15, 0.2) is 11.5 Å². The van der Waals surface area contributed by atoms with Crippen molar-refractivity contribution in [1.82, 2.24) is 29.9 Å². The second-order valence-electron chi connectivity index (χ2n) is 8.75. The fourth-order valence-electron chi connectivity index (χ4n) is 4.63. The lowest BCUT2D eigenvalue weighted by atomic mass is 9.94. The molecule has 0 bridgehead atoms. The Hall–Kier alpha value is -3.89. The van der Waals surface area contributed by atoms with Crippen LogP contribution in [0.4, 0.5) is 0 Å². The molecule has 11 heteroatoms. The lowest BCUT2D eigenvalue weighted by molar-refractivity contribution is 0.0604. The highest BCUT2D eigenvalue weighted by atomic mass is 16.4. The second-order valence-corrected chi connectivity index (χ2v) is 8.75. The van der Waals surface area contributed by atoms with Gasteiger partial charge < -0.3 is 23.8 Å². The Balaban J connectivity index is 1.39. The van der Waals surface area contributed by atoms with Gasteiger partial charge >= 0.3 is 5.97 Å². The van der Waals surface area contributed by atoms with Crippen LogP contribution in [0.25, 0.3) is 11.1 Å². The molecule has 1 aliphatic carbocycles. The third-order valence-corrected chi connectivity index (χ3v) is 6.32. The highest BCUT2D eigenvalue weighted by Gasteiger charge is 2.29. The number of aryl methyl sites for hydroxylation is 2. The molecule has 34 heavy (non-hydrogen) atoms. The van der Waals surface area contributed by atoms with Crippen molar-refractivity contribution in [3.8, 4) is 0 Å². The van der Waals surface area contributed by atoms with Gasteiger partial charge in [-0.25, -0.2) is 14.5 Å². The maximum absolute atomic E-state index is 13.6. The summed E-state index contributed by atoms with van der Waals surface area (Å²) in [7, 11) is 0. The lowest BCUT2D eigenvalue weighted by Gasteiger charge is -2.33. The average molecular weight is 466 g/mol. The number of carbonyl (C=O) groups excluding carboxylic acids is 1. The summed E-state index contributed by atoms with van der Waals surface area (Å²) in [5.74, 6) is -0.00887. The van der Waals surface area contributed by atoms with Crippen LogP contribution in [0.15, 0.2) is 27.4 Å². The highest BCUT2D eigenvalue weighted by Crippen LogP contribution is 2.27. The first-order valence-electron chi connectivity index (χ1n) is 11.4. The molecule has 0 spiro atoms. The molecule has 1 saturated carbocycles. The molecule has 0 saturated heterocycles. The summed E-state index contributed by atoms with van der Waals surface area (Å²) in [6, 6.07) is 1.63. The molecule has 0 radical (unpaired) electrons. The van der Waals surface area contributed by atoms with Gasteiger partial charge in [0.25, 0.3) is 5.91 Å². The van der Waals surface area contributed by atoms with Crippen LogP contribution >= 0.6 is 0 Å². The number of carboxylic acids is 1. The van der Waals surface area contributed by atoms with Crippen molar-refractivity contribution >= 4 is 23.0 Å². The number of nitrogens with one attached hydrogen (secondary N) is 1. The number of rotatable bonds is 7. The normalized spacial score (nSPS) is 14.6. The molecule has 1 amide bonds. The molecule has 2 N–H and O–H groups in total. The smallest absolute Gasteiger partial charge is 0.341 e. The summed E-state index contributed by atoms with van der Waals surface area (Å²) in [5, 5.41) is 17.8. The molecule has 1 fully saturated rings. The molecule has 0 aliphatic heterocycles. The number of aromatic carboxylic acids is 1. The number of hydrogen-bond acceptors (Lipinski definition) is 7. The number of carboxylic acid groups (broad SMARTS) is 1. The number of H-pyrrole nitrogens is 1. The summed E-state index contributed by atoms with van der Waals surface area (Å²) >= 11 is 0. The van der Waals surface area contributed by atoms with E-state index in [-0.39, 0.29) is 17.5 Å². The minimum absolute atomic E-state index is 0.000782. The van der Waals surface area contributed by atoms with Crippen LogP contribution in [0.5, 0.6) is 0 Å². The van der Waals surface area contributed by atoms with Crippen molar-refractivity contribution in [2.24, 2.45) is 0 Å². The first-order chi connectivity index (χ1) is 16.4. The molecular weight excluding hydrogens is 440 g/mol. The zero-order chi connectivity index (χ0) is 23.8. The minimum atomic E-state index is -1.11. The van der Waals surface area contributed by atoms with E-state index in [1.165, 1.54) is 6.26 Å². The summed E-state index contributed by atoms with van der Waals surface area (Å²) in [4.78, 5) is 34.0. The SMILES string of the molecule is Cc1nc(C)c(Cn2cc(CN(C(=O)c3cc4occ(C(=O)O)c4[nH]3)C3CCCCC3)nn2)o1. The quantitative estimate of drug-likeness (QED) is 0.420. The van der Waals surface area contributed by atoms with E-state index in [0.29, 0.717) is 41.5 Å². The van der Waals surface area contributed by atoms with Gasteiger partial charge in [-0.3, -0.25) is 4.79 Å². The minimum Gasteiger partial charge on any atom is -0.477 e. The number of carbonyl (C=O) groups is 2. The number of hydrogen-bond donors (Lipinski definition) is 2. The van der Waals surface area contributed by atoms with Gasteiger partial charge in [0.05, 0.1) is 24.0 Å². The molecule has 0 atom stereocenters. The predicted molar refractivity (Wildman–Crippen MR) is 119 cm³/mol. The van der Waals surface area contributed by atoms with E-state index >= 15 is 0 Å². The van der Waals surface area contributed by atoms with Gasteiger partial charge in [-0.15, -0.1) is 5.10 Å². The van der Waals surface area contributed by atoms with Crippen LogP contribution in [-0.2, 0) is 13.1 Å². The Morgan fingerprint density at radius 2 is 2.06 bits per heavy atom. The van der Waals surface area contributed by atoms with Crippen LogP contribution in [0, 0.1) is 13.8 Å². The molecule has 11 nitrogen and oxygen atoms in total. The van der Waals surface area contributed by atoms with Gasteiger partial charge in [0.2, 0.25) is 0 Å². The van der Waals surface area contributed by atoms with Gasteiger partial charge in [-0.2, -0.15) is 0 Å². The number of furan rings is 1. The summed E-state index contributed by atoms with van der Waals surface area (Å²) in [5.41, 5.74) is 2.41. The molecule has 4 aromatic heterocycles. The fraction of sp³-hybridized carbons (Fsp3) is 0.435. The zero-order valence-corrected chi connectivity index (χ0v) is 19.1. The maximum atomic E-state index is 13.6. The van der Waals surface area contributed by atoms with E-state index in [0.717, 1.165) is 43.6 Å². The van der Waals surface area contributed by atoms with E-state index < -0.39 is 5.97 Å². The van der Waals surface area contributed by atoms with Crippen molar-refractivity contribution < 1.29 is 23.5 Å². The van der Waals surface area contributed by atoms with Gasteiger partial charge in [-0.1, -0.05) is 24.5 Å². The largest absolute Gasteiger partial charge is 0.477 e. The Morgan fingerprint density at radius 1 is 1.26 bits per heavy atom. The van der Waals surface area contributed by atoms with Crippen LogP contribution in [0.3, 0.4) is 0 Å². The van der Waals surface area contributed by atoms with E-state index in [9.17, 15) is 14.7 Å². The lowest BCUT2D eigenvalue weighted by Crippen LogP contribution is -2.41. The van der Waals surface area contributed by atoms with Crippen molar-refractivity contribution in [3.63, 3.8) is 0 Å². The molecular formula is C23H26N6O5. The van der Waals surface area contributed by atoms with Crippen LogP contribution in [-0.4, -0.2) is 52.9 Å². The summed E-state index contributed by atoms with van der Waals surface area (Å²) in [6.45, 7) is 4.38. The molecule has 4 aromatic rings. The molecule has 0 unspecified atom stereocenters. The first kappa shape index (κ1) is 21.9. The summed E-state index contributed by atoms with van der Waals surface area (Å²) in [6.07, 6.45) is 8.07. The number of aromatic amines is 1. The van der Waals surface area contributed by atoms with E-state index in [4.69, 9.17) is 8.83 Å². The van der Waals surface area contributed by atoms with Gasteiger partial charge in [0.1, 0.15) is 35.5 Å².